The summed E-state index contributed by atoms with van der Waals surface area (Å²) in [5.41, 5.74) is -2.70. The number of aldehydes is 1. The van der Waals surface area contributed by atoms with E-state index in [0.29, 0.717) is 12.7 Å². The summed E-state index contributed by atoms with van der Waals surface area (Å²) in [6.07, 6.45) is -1.19. The summed E-state index contributed by atoms with van der Waals surface area (Å²) in [6.45, 7) is 17.0. The van der Waals surface area contributed by atoms with E-state index in [4.69, 9.17) is 18.9 Å². The summed E-state index contributed by atoms with van der Waals surface area (Å²) < 4.78 is 23.9. The topological polar surface area (TPSA) is 126 Å². The van der Waals surface area contributed by atoms with Crippen molar-refractivity contribution in [1.29, 1.82) is 0 Å². The first-order chi connectivity index (χ1) is 17.8. The lowest BCUT2D eigenvalue weighted by molar-refractivity contribution is -0.256. The molecule has 0 aliphatic carbocycles. The van der Waals surface area contributed by atoms with E-state index in [1.165, 1.54) is 6.20 Å². The van der Waals surface area contributed by atoms with Crippen molar-refractivity contribution in [3.63, 3.8) is 0 Å². The fraction of sp³-hybridized carbons (Fsp3) is 0.759. The van der Waals surface area contributed by atoms with Crippen LogP contribution >= 0.6 is 0 Å². The molecule has 0 unspecified atom stereocenters. The van der Waals surface area contributed by atoms with Crippen LogP contribution in [0.15, 0.2) is 11.8 Å². The molecular weight excluding hydrogens is 506 g/mol. The lowest BCUT2D eigenvalue weighted by Gasteiger charge is -2.48. The fourth-order valence-corrected chi connectivity index (χ4v) is 4.03. The number of Topliss-reactive ketones (excluding diaryl/α,β-unsaturated/α-hetero) is 1. The van der Waals surface area contributed by atoms with Crippen LogP contribution in [0.5, 0.6) is 0 Å². The molecule has 1 fully saturated rings. The molecule has 10 heteroatoms. The molecule has 2 rings (SSSR count). The standard InChI is InChI=1S/C29H45NO9/c1-11-12-18-13-19(32)17(15-31)14-30(18)23-22(39-26(35)29(8,9)10)21(38-25(34)28(5,6)7)20(16-36-23)37-24(33)27(2,3)4/h14-15,18,20-23H,11-13,16H2,1-10H3/t18-,20+,21+,22-,23-/m0/s1. The smallest absolute Gasteiger partial charge is 0.311 e. The highest BCUT2D eigenvalue weighted by molar-refractivity contribution is 6.12. The third-order valence-corrected chi connectivity index (χ3v) is 6.48. The van der Waals surface area contributed by atoms with Crippen LogP contribution in [0, 0.1) is 16.2 Å². The summed E-state index contributed by atoms with van der Waals surface area (Å²) in [5.74, 6) is -1.99. The molecule has 39 heavy (non-hydrogen) atoms. The van der Waals surface area contributed by atoms with E-state index in [2.05, 4.69) is 0 Å². The Morgan fingerprint density at radius 2 is 1.38 bits per heavy atom. The number of ether oxygens (including phenoxy) is 4. The Hall–Kier alpha value is -2.75. The SMILES string of the molecule is CCC[C@H]1CC(=O)C(C=O)=CN1[C@H]1OC[C@@H](OC(=O)C(C)(C)C)[C@@H](OC(=O)C(C)(C)C)[C@@H]1OC(=O)C(C)(C)C. The van der Waals surface area contributed by atoms with Gasteiger partial charge in [0, 0.05) is 18.7 Å². The van der Waals surface area contributed by atoms with Gasteiger partial charge in [-0.15, -0.1) is 0 Å². The van der Waals surface area contributed by atoms with Crippen LogP contribution in [0.3, 0.4) is 0 Å². The number of rotatable bonds is 7. The molecule has 2 aliphatic heterocycles. The van der Waals surface area contributed by atoms with Crippen molar-refractivity contribution >= 4 is 30.0 Å². The van der Waals surface area contributed by atoms with Crippen molar-refractivity contribution in [2.24, 2.45) is 16.2 Å². The van der Waals surface area contributed by atoms with Gasteiger partial charge in [0.1, 0.15) is 0 Å². The Bertz CT molecular complexity index is 980. The Morgan fingerprint density at radius 1 is 0.897 bits per heavy atom. The summed E-state index contributed by atoms with van der Waals surface area (Å²) in [5, 5.41) is 0. The minimum Gasteiger partial charge on any atom is -0.455 e. The summed E-state index contributed by atoms with van der Waals surface area (Å²) in [4.78, 5) is 65.1. The fourth-order valence-electron chi connectivity index (χ4n) is 4.03. The number of hydrogen-bond acceptors (Lipinski definition) is 10. The molecule has 220 valence electrons. The van der Waals surface area contributed by atoms with Crippen LogP contribution in [-0.2, 0) is 42.9 Å². The van der Waals surface area contributed by atoms with Gasteiger partial charge in [-0.05, 0) is 68.7 Å². The van der Waals surface area contributed by atoms with E-state index in [-0.39, 0.29) is 30.4 Å². The van der Waals surface area contributed by atoms with Crippen LogP contribution in [0.1, 0.15) is 88.5 Å². The first kappa shape index (κ1) is 32.5. The predicted octanol–water partition coefficient (Wildman–Crippen LogP) is 3.74. The lowest BCUT2D eigenvalue weighted by atomic mass is 9.92. The normalized spacial score (nSPS) is 26.4. The summed E-state index contributed by atoms with van der Waals surface area (Å²) in [7, 11) is 0. The number of hydrogen-bond donors (Lipinski definition) is 0. The molecule has 0 aromatic carbocycles. The minimum absolute atomic E-state index is 0.0311. The van der Waals surface area contributed by atoms with Gasteiger partial charge in [-0.25, -0.2) is 0 Å². The van der Waals surface area contributed by atoms with Gasteiger partial charge in [-0.1, -0.05) is 13.3 Å². The molecule has 5 atom stereocenters. The molecule has 2 heterocycles. The van der Waals surface area contributed by atoms with Gasteiger partial charge in [0.25, 0.3) is 0 Å². The molecule has 2 aliphatic rings. The highest BCUT2D eigenvalue weighted by Crippen LogP contribution is 2.35. The van der Waals surface area contributed by atoms with Crippen molar-refractivity contribution in [3.8, 4) is 0 Å². The molecule has 10 nitrogen and oxygen atoms in total. The number of carbonyl (C=O) groups excluding carboxylic acids is 5. The molecule has 0 aromatic heterocycles. The second-order valence-electron chi connectivity index (χ2n) is 13.4. The second-order valence-corrected chi connectivity index (χ2v) is 13.4. The van der Waals surface area contributed by atoms with Crippen LogP contribution in [0.4, 0.5) is 0 Å². The number of carbonyl (C=O) groups is 5. The molecule has 0 bridgehead atoms. The summed E-state index contributed by atoms with van der Waals surface area (Å²) >= 11 is 0. The first-order valence-electron chi connectivity index (χ1n) is 13.5. The Morgan fingerprint density at radius 3 is 1.85 bits per heavy atom. The zero-order valence-corrected chi connectivity index (χ0v) is 25.0. The van der Waals surface area contributed by atoms with Gasteiger partial charge in [0.15, 0.2) is 36.6 Å². The number of nitrogens with zero attached hydrogens (tertiary/aromatic N) is 1. The number of ketones is 1. The predicted molar refractivity (Wildman–Crippen MR) is 142 cm³/mol. The van der Waals surface area contributed by atoms with E-state index in [9.17, 15) is 24.0 Å². The largest absolute Gasteiger partial charge is 0.455 e. The molecule has 0 N–H and O–H groups in total. The molecular formula is C29H45NO9. The van der Waals surface area contributed by atoms with Gasteiger partial charge in [-0.3, -0.25) is 24.0 Å². The minimum atomic E-state index is -1.23. The van der Waals surface area contributed by atoms with E-state index >= 15 is 0 Å². The Balaban J connectivity index is 2.65. The van der Waals surface area contributed by atoms with Gasteiger partial charge in [0.05, 0.1) is 28.4 Å². The van der Waals surface area contributed by atoms with E-state index in [1.54, 1.807) is 67.2 Å². The van der Waals surface area contributed by atoms with E-state index < -0.39 is 58.7 Å². The third kappa shape index (κ3) is 8.13. The monoisotopic (exact) mass is 551 g/mol. The van der Waals surface area contributed by atoms with Crippen LogP contribution in [0.2, 0.25) is 0 Å². The average Bonchev–Trinajstić information content (AvgIpc) is 2.79. The van der Waals surface area contributed by atoms with E-state index in [0.717, 1.165) is 6.42 Å². The van der Waals surface area contributed by atoms with Crippen molar-refractivity contribution in [2.45, 2.75) is 119 Å². The molecule has 1 saturated heterocycles. The molecule has 0 radical (unpaired) electrons. The first-order valence-corrected chi connectivity index (χ1v) is 13.5. The van der Waals surface area contributed by atoms with Crippen molar-refractivity contribution < 1.29 is 42.9 Å². The maximum absolute atomic E-state index is 13.2. The Labute approximate surface area is 231 Å². The van der Waals surface area contributed by atoms with Crippen LogP contribution in [0.25, 0.3) is 0 Å². The zero-order valence-electron chi connectivity index (χ0n) is 25.0. The number of allylic oxidation sites excluding steroid dienone is 1. The molecule has 0 spiro atoms. The Kier molecular flexibility index (Phi) is 10.1. The highest BCUT2D eigenvalue weighted by atomic mass is 16.6. The maximum atomic E-state index is 13.2. The number of esters is 3. The van der Waals surface area contributed by atoms with Crippen molar-refractivity contribution in [3.05, 3.63) is 11.8 Å². The van der Waals surface area contributed by atoms with Gasteiger partial charge in [-0.2, -0.15) is 0 Å². The quantitative estimate of drug-likeness (QED) is 0.200. The highest BCUT2D eigenvalue weighted by Gasteiger charge is 2.52. The van der Waals surface area contributed by atoms with Crippen molar-refractivity contribution in [2.75, 3.05) is 6.61 Å². The van der Waals surface area contributed by atoms with Crippen LogP contribution in [-0.4, -0.2) is 72.1 Å². The molecule has 0 amide bonds. The molecule has 0 saturated carbocycles. The van der Waals surface area contributed by atoms with Crippen molar-refractivity contribution in [1.82, 2.24) is 4.90 Å². The third-order valence-electron chi connectivity index (χ3n) is 6.48. The van der Waals surface area contributed by atoms with E-state index in [1.807, 2.05) is 6.92 Å². The second kappa shape index (κ2) is 12.2. The molecule has 0 aromatic rings. The average molecular weight is 552 g/mol. The van der Waals surface area contributed by atoms with Gasteiger partial charge >= 0.3 is 17.9 Å². The maximum Gasteiger partial charge on any atom is 0.311 e. The zero-order chi connectivity index (χ0) is 29.9. The van der Waals surface area contributed by atoms with Crippen LogP contribution < -0.4 is 0 Å². The van der Waals surface area contributed by atoms with Gasteiger partial charge in [0.2, 0.25) is 0 Å². The van der Waals surface area contributed by atoms with Gasteiger partial charge < -0.3 is 23.8 Å². The summed E-state index contributed by atoms with van der Waals surface area (Å²) in [6, 6.07) is -0.348. The lowest BCUT2D eigenvalue weighted by Crippen LogP contribution is -2.64.